The molecule has 0 radical (unpaired) electrons. The van der Waals surface area contributed by atoms with Crippen LogP contribution in [0.2, 0.25) is 5.02 Å². The number of hydrogen-bond acceptors (Lipinski definition) is 5. The second-order valence-corrected chi connectivity index (χ2v) is 7.85. The Kier molecular flexibility index (Phi) is 5.82. The number of anilines is 2. The minimum Gasteiger partial charge on any atom is -0.507 e. The van der Waals surface area contributed by atoms with Crippen molar-refractivity contribution in [2.24, 2.45) is 0 Å². The quantitative estimate of drug-likeness (QED) is 0.538. The molecule has 6 nitrogen and oxygen atoms in total. The molecule has 0 fully saturated rings. The van der Waals surface area contributed by atoms with Gasteiger partial charge in [0.25, 0.3) is 0 Å². The number of carbonyl (C=O) groups excluding carboxylic acids is 1. The van der Waals surface area contributed by atoms with E-state index in [1.807, 2.05) is 43.5 Å². The second-order valence-electron chi connectivity index (χ2n) is 7.44. The lowest BCUT2D eigenvalue weighted by molar-refractivity contribution is -0.114. The number of aromatic hydroxyl groups is 1. The standard InChI is InChI=1S/C24H23ClN4O2/c1-15-14-29(9-8-27-15)19-10-18(12-26-13-19)21-5-3-4-20(24(21)31)17-6-7-23(22(25)11-17)28-16(2)30/h3-7,10-14,27,31H,8-9H2,1-2H3,(H,28,30). The molecule has 0 atom stereocenters. The number of pyridine rings is 1. The molecule has 0 spiro atoms. The fourth-order valence-corrected chi connectivity index (χ4v) is 3.86. The van der Waals surface area contributed by atoms with Crippen LogP contribution in [0.5, 0.6) is 5.75 Å². The highest BCUT2D eigenvalue weighted by Crippen LogP contribution is 2.40. The molecule has 1 aliphatic heterocycles. The zero-order valence-corrected chi connectivity index (χ0v) is 18.1. The van der Waals surface area contributed by atoms with Crippen molar-refractivity contribution in [3.63, 3.8) is 0 Å². The molecule has 0 bridgehead atoms. The molecule has 2 heterocycles. The predicted molar refractivity (Wildman–Crippen MR) is 125 cm³/mol. The van der Waals surface area contributed by atoms with Crippen LogP contribution in [0.1, 0.15) is 13.8 Å². The van der Waals surface area contributed by atoms with Crippen LogP contribution in [0.4, 0.5) is 11.4 Å². The van der Waals surface area contributed by atoms with E-state index in [0.717, 1.165) is 35.6 Å². The van der Waals surface area contributed by atoms with E-state index in [1.165, 1.54) is 6.92 Å². The third-order valence-corrected chi connectivity index (χ3v) is 5.41. The van der Waals surface area contributed by atoms with Gasteiger partial charge in [-0.1, -0.05) is 35.9 Å². The van der Waals surface area contributed by atoms with Crippen LogP contribution in [-0.2, 0) is 4.79 Å². The highest BCUT2D eigenvalue weighted by Gasteiger charge is 2.15. The Morgan fingerprint density at radius 1 is 1.16 bits per heavy atom. The molecule has 158 valence electrons. The predicted octanol–water partition coefficient (Wildman–Crippen LogP) is 5.00. The van der Waals surface area contributed by atoms with Gasteiger partial charge in [0, 0.05) is 54.8 Å². The van der Waals surface area contributed by atoms with Crippen molar-refractivity contribution in [2.75, 3.05) is 23.3 Å². The lowest BCUT2D eigenvalue weighted by Crippen LogP contribution is -2.33. The molecule has 1 aliphatic rings. The van der Waals surface area contributed by atoms with Gasteiger partial charge in [-0.2, -0.15) is 0 Å². The van der Waals surface area contributed by atoms with Crippen molar-refractivity contribution in [3.05, 3.63) is 71.8 Å². The summed E-state index contributed by atoms with van der Waals surface area (Å²) in [5, 5.41) is 17.5. The number of amides is 1. The van der Waals surface area contributed by atoms with E-state index in [9.17, 15) is 9.90 Å². The van der Waals surface area contributed by atoms with Crippen molar-refractivity contribution < 1.29 is 9.90 Å². The summed E-state index contributed by atoms with van der Waals surface area (Å²) in [7, 11) is 0. The topological polar surface area (TPSA) is 77.5 Å². The normalized spacial score (nSPS) is 13.4. The Bertz CT molecular complexity index is 1180. The fourth-order valence-electron chi connectivity index (χ4n) is 3.64. The maximum absolute atomic E-state index is 11.3. The van der Waals surface area contributed by atoms with Gasteiger partial charge < -0.3 is 20.6 Å². The van der Waals surface area contributed by atoms with Crippen molar-refractivity contribution in [1.29, 1.82) is 0 Å². The first-order valence-electron chi connectivity index (χ1n) is 9.96. The number of aromatic nitrogens is 1. The second kappa shape index (κ2) is 8.70. The van der Waals surface area contributed by atoms with Gasteiger partial charge in [-0.05, 0) is 30.7 Å². The van der Waals surface area contributed by atoms with Gasteiger partial charge in [-0.15, -0.1) is 0 Å². The van der Waals surface area contributed by atoms with Crippen molar-refractivity contribution in [1.82, 2.24) is 10.3 Å². The van der Waals surface area contributed by atoms with Gasteiger partial charge in [0.2, 0.25) is 5.91 Å². The third kappa shape index (κ3) is 4.49. The summed E-state index contributed by atoms with van der Waals surface area (Å²) in [4.78, 5) is 17.8. The number of rotatable bonds is 4. The highest BCUT2D eigenvalue weighted by atomic mass is 35.5. The molecular weight excluding hydrogens is 412 g/mol. The van der Waals surface area contributed by atoms with E-state index in [0.29, 0.717) is 21.8 Å². The number of allylic oxidation sites excluding steroid dienone is 1. The molecule has 3 N–H and O–H groups in total. The molecule has 4 rings (SSSR count). The summed E-state index contributed by atoms with van der Waals surface area (Å²) in [6.07, 6.45) is 5.62. The summed E-state index contributed by atoms with van der Waals surface area (Å²) in [5.74, 6) is -0.0433. The average molecular weight is 435 g/mol. The molecule has 0 saturated heterocycles. The van der Waals surface area contributed by atoms with E-state index in [4.69, 9.17) is 11.6 Å². The zero-order chi connectivity index (χ0) is 22.0. The Morgan fingerprint density at radius 3 is 2.65 bits per heavy atom. The summed E-state index contributed by atoms with van der Waals surface area (Å²) in [6, 6.07) is 12.9. The van der Waals surface area contributed by atoms with Crippen LogP contribution < -0.4 is 15.5 Å². The van der Waals surface area contributed by atoms with Crippen LogP contribution in [0, 0.1) is 0 Å². The van der Waals surface area contributed by atoms with Gasteiger partial charge in [-0.25, -0.2) is 0 Å². The average Bonchev–Trinajstić information content (AvgIpc) is 2.75. The van der Waals surface area contributed by atoms with Crippen LogP contribution >= 0.6 is 11.6 Å². The first kappa shape index (κ1) is 20.8. The monoisotopic (exact) mass is 434 g/mol. The fraction of sp³-hybridized carbons (Fsp3) is 0.167. The number of phenols is 1. The Morgan fingerprint density at radius 2 is 1.94 bits per heavy atom. The lowest BCUT2D eigenvalue weighted by atomic mass is 9.97. The molecule has 3 aromatic rings. The van der Waals surface area contributed by atoms with Crippen molar-refractivity contribution in [3.8, 4) is 28.0 Å². The number of carbonyl (C=O) groups is 1. The number of para-hydroxylation sites is 1. The Balaban J connectivity index is 1.70. The first-order chi connectivity index (χ1) is 14.9. The molecule has 0 unspecified atom stereocenters. The van der Waals surface area contributed by atoms with E-state index < -0.39 is 0 Å². The molecule has 1 amide bonds. The largest absolute Gasteiger partial charge is 0.507 e. The first-order valence-corrected chi connectivity index (χ1v) is 10.3. The SMILES string of the molecule is CC(=O)Nc1ccc(-c2cccc(-c3cncc(N4C=C(C)NCC4)c3)c2O)cc1Cl. The van der Waals surface area contributed by atoms with Crippen LogP contribution in [0.3, 0.4) is 0 Å². The van der Waals surface area contributed by atoms with Gasteiger partial charge in [0.15, 0.2) is 0 Å². The minimum atomic E-state index is -0.193. The number of halogens is 1. The summed E-state index contributed by atoms with van der Waals surface area (Å²) < 4.78 is 0. The van der Waals surface area contributed by atoms with Crippen LogP contribution in [-0.4, -0.2) is 29.1 Å². The molecule has 0 saturated carbocycles. The Hall–Kier alpha value is -3.51. The molecular formula is C24H23ClN4O2. The Labute approximate surface area is 186 Å². The van der Waals surface area contributed by atoms with E-state index in [2.05, 4.69) is 26.7 Å². The van der Waals surface area contributed by atoms with Gasteiger partial charge in [-0.3, -0.25) is 9.78 Å². The van der Waals surface area contributed by atoms with Crippen LogP contribution in [0.25, 0.3) is 22.3 Å². The lowest BCUT2D eigenvalue weighted by Gasteiger charge is -2.27. The summed E-state index contributed by atoms with van der Waals surface area (Å²) >= 11 is 6.33. The number of phenolic OH excluding ortho intramolecular Hbond substituents is 1. The van der Waals surface area contributed by atoms with E-state index >= 15 is 0 Å². The highest BCUT2D eigenvalue weighted by molar-refractivity contribution is 6.34. The number of nitrogens with one attached hydrogen (secondary N) is 2. The van der Waals surface area contributed by atoms with Crippen molar-refractivity contribution in [2.45, 2.75) is 13.8 Å². The van der Waals surface area contributed by atoms with Gasteiger partial charge in [0.1, 0.15) is 5.75 Å². The summed E-state index contributed by atoms with van der Waals surface area (Å²) in [6.45, 7) is 5.16. The maximum Gasteiger partial charge on any atom is 0.221 e. The molecule has 7 heteroatoms. The van der Waals surface area contributed by atoms with Crippen LogP contribution in [0.15, 0.2) is 66.8 Å². The van der Waals surface area contributed by atoms with Gasteiger partial charge >= 0.3 is 0 Å². The van der Waals surface area contributed by atoms with Gasteiger partial charge in [0.05, 0.1) is 22.6 Å². The zero-order valence-electron chi connectivity index (χ0n) is 17.3. The smallest absolute Gasteiger partial charge is 0.221 e. The number of nitrogens with zero attached hydrogens (tertiary/aromatic N) is 2. The van der Waals surface area contributed by atoms with E-state index in [-0.39, 0.29) is 11.7 Å². The maximum atomic E-state index is 11.3. The van der Waals surface area contributed by atoms with Crippen molar-refractivity contribution >= 4 is 28.9 Å². The van der Waals surface area contributed by atoms with E-state index in [1.54, 1.807) is 18.3 Å². The third-order valence-electron chi connectivity index (χ3n) is 5.10. The number of hydrogen-bond donors (Lipinski definition) is 3. The summed E-state index contributed by atoms with van der Waals surface area (Å²) in [5.41, 5.74) is 5.50. The molecule has 2 aromatic carbocycles. The molecule has 0 aliphatic carbocycles. The molecule has 1 aromatic heterocycles. The molecule has 31 heavy (non-hydrogen) atoms. The minimum absolute atomic E-state index is 0.150. The number of benzene rings is 2.